The van der Waals surface area contributed by atoms with Crippen molar-refractivity contribution < 1.29 is 4.79 Å². The maximum absolute atomic E-state index is 10.1. The van der Waals surface area contributed by atoms with Crippen LogP contribution in [0.3, 0.4) is 0 Å². The summed E-state index contributed by atoms with van der Waals surface area (Å²) >= 11 is 4.06. The van der Waals surface area contributed by atoms with E-state index >= 15 is 0 Å². The summed E-state index contributed by atoms with van der Waals surface area (Å²) in [5.41, 5.74) is 1.27. The van der Waals surface area contributed by atoms with Gasteiger partial charge in [0.1, 0.15) is 6.29 Å². The molecule has 0 aliphatic rings. The largest absolute Gasteiger partial charge is 0.299 e. The normalized spacial score (nSPS) is 10.9. The van der Waals surface area contributed by atoms with Gasteiger partial charge in [0.15, 0.2) is 0 Å². The molecule has 1 aromatic heterocycles. The summed E-state index contributed by atoms with van der Waals surface area (Å²) in [5, 5.41) is 0. The van der Waals surface area contributed by atoms with Crippen LogP contribution in [0.4, 0.5) is 0 Å². The predicted octanol–water partition coefficient (Wildman–Crippen LogP) is 3.18. The number of hydrogen-bond donors (Lipinski definition) is 0. The van der Waals surface area contributed by atoms with Crippen molar-refractivity contribution in [1.82, 2.24) is 0 Å². The van der Waals surface area contributed by atoms with Crippen molar-refractivity contribution in [3.05, 3.63) is 25.0 Å². The molecule has 64 valence electrons. The van der Waals surface area contributed by atoms with E-state index in [4.69, 9.17) is 0 Å². The third-order valence-electron chi connectivity index (χ3n) is 1.60. The monoisotopic (exact) mass is 292 g/mol. The molecule has 0 bridgehead atoms. The Morgan fingerprint density at radius 1 is 1.42 bits per heavy atom. The summed E-state index contributed by atoms with van der Waals surface area (Å²) in [7, 11) is 0. The van der Waals surface area contributed by atoms with Gasteiger partial charge < -0.3 is 0 Å². The van der Waals surface area contributed by atoms with Crippen molar-refractivity contribution in [2.45, 2.75) is 13.8 Å². The van der Waals surface area contributed by atoms with Gasteiger partial charge in [-0.25, -0.2) is 0 Å². The molecular formula is C9H9IOS. The lowest BCUT2D eigenvalue weighted by molar-refractivity contribution is -0.104. The average Bonchev–Trinajstić information content (AvgIpc) is 2.30. The lowest BCUT2D eigenvalue weighted by Crippen LogP contribution is -1.74. The van der Waals surface area contributed by atoms with Crippen molar-refractivity contribution in [3.63, 3.8) is 0 Å². The van der Waals surface area contributed by atoms with Crippen LogP contribution in [0.15, 0.2) is 6.08 Å². The van der Waals surface area contributed by atoms with Gasteiger partial charge in [-0.1, -0.05) is 0 Å². The molecule has 0 fully saturated rings. The van der Waals surface area contributed by atoms with Gasteiger partial charge in [0, 0.05) is 13.3 Å². The zero-order valence-electron chi connectivity index (χ0n) is 6.93. The number of aryl methyl sites for hydroxylation is 1. The minimum absolute atomic E-state index is 0.807. The molecule has 0 saturated heterocycles. The predicted molar refractivity (Wildman–Crippen MR) is 61.6 cm³/mol. The Kier molecular flexibility index (Phi) is 3.46. The second kappa shape index (κ2) is 4.18. The first-order valence-electron chi connectivity index (χ1n) is 3.54. The second-order valence-electron chi connectivity index (χ2n) is 2.46. The fourth-order valence-electron chi connectivity index (χ4n) is 0.944. The van der Waals surface area contributed by atoms with Crippen LogP contribution in [0.25, 0.3) is 6.08 Å². The molecule has 0 atom stereocenters. The highest BCUT2D eigenvalue weighted by Crippen LogP contribution is 2.29. The molecule has 0 N–H and O–H groups in total. The Labute approximate surface area is 89.6 Å². The smallest absolute Gasteiger partial charge is 0.142 e. The van der Waals surface area contributed by atoms with Crippen LogP contribution in [0.2, 0.25) is 0 Å². The lowest BCUT2D eigenvalue weighted by Gasteiger charge is -1.88. The van der Waals surface area contributed by atoms with Crippen LogP contribution in [0.5, 0.6) is 0 Å². The molecule has 12 heavy (non-hydrogen) atoms. The summed E-state index contributed by atoms with van der Waals surface area (Å²) in [5.74, 6) is 0. The number of halogens is 1. The van der Waals surface area contributed by atoms with Gasteiger partial charge in [-0.3, -0.25) is 4.79 Å². The molecule has 0 saturated carbocycles. The minimum atomic E-state index is 0.807. The zero-order valence-corrected chi connectivity index (χ0v) is 9.90. The van der Waals surface area contributed by atoms with E-state index in [1.807, 2.05) is 6.08 Å². The SMILES string of the molecule is Cc1sc(C=CC=O)c(C)c1I. The number of aldehydes is 1. The number of rotatable bonds is 2. The van der Waals surface area contributed by atoms with Gasteiger partial charge in [0.05, 0.1) is 0 Å². The van der Waals surface area contributed by atoms with Crippen LogP contribution in [0, 0.1) is 17.4 Å². The summed E-state index contributed by atoms with van der Waals surface area (Å²) < 4.78 is 1.31. The van der Waals surface area contributed by atoms with Crippen LogP contribution in [-0.4, -0.2) is 6.29 Å². The number of allylic oxidation sites excluding steroid dienone is 1. The van der Waals surface area contributed by atoms with Crippen molar-refractivity contribution in [1.29, 1.82) is 0 Å². The van der Waals surface area contributed by atoms with Crippen molar-refractivity contribution >= 4 is 46.3 Å². The minimum Gasteiger partial charge on any atom is -0.299 e. The van der Waals surface area contributed by atoms with Gasteiger partial charge in [-0.2, -0.15) is 0 Å². The van der Waals surface area contributed by atoms with E-state index in [-0.39, 0.29) is 0 Å². The van der Waals surface area contributed by atoms with Gasteiger partial charge in [-0.15, -0.1) is 11.3 Å². The van der Waals surface area contributed by atoms with E-state index in [1.54, 1.807) is 11.3 Å². The van der Waals surface area contributed by atoms with Gasteiger partial charge in [0.2, 0.25) is 0 Å². The first kappa shape index (κ1) is 9.92. The Bertz CT molecular complexity index is 326. The third kappa shape index (κ3) is 1.95. The summed E-state index contributed by atoms with van der Waals surface area (Å²) in [6.07, 6.45) is 4.21. The Balaban J connectivity index is 3.09. The molecule has 1 heterocycles. The average molecular weight is 292 g/mol. The highest BCUT2D eigenvalue weighted by atomic mass is 127. The molecule has 1 nitrogen and oxygen atoms in total. The summed E-state index contributed by atoms with van der Waals surface area (Å²) in [6.45, 7) is 4.17. The zero-order chi connectivity index (χ0) is 9.14. The van der Waals surface area contributed by atoms with Gasteiger partial charge in [0.25, 0.3) is 0 Å². The highest BCUT2D eigenvalue weighted by Gasteiger charge is 2.06. The molecule has 1 rings (SSSR count). The standard InChI is InChI=1S/C9H9IOS/c1-6-8(4-3-5-11)12-7(2)9(6)10/h3-5H,1-2H3. The molecule has 0 aliphatic heterocycles. The van der Waals surface area contributed by atoms with Crippen molar-refractivity contribution in [2.24, 2.45) is 0 Å². The molecule has 0 amide bonds. The van der Waals surface area contributed by atoms with E-state index < -0.39 is 0 Å². The van der Waals surface area contributed by atoms with Gasteiger partial charge in [-0.05, 0) is 54.2 Å². The van der Waals surface area contributed by atoms with E-state index in [0.29, 0.717) is 0 Å². The number of carbonyl (C=O) groups is 1. The molecule has 3 heteroatoms. The fraction of sp³-hybridized carbons (Fsp3) is 0.222. The van der Waals surface area contributed by atoms with E-state index in [0.717, 1.165) is 6.29 Å². The Morgan fingerprint density at radius 3 is 2.50 bits per heavy atom. The molecule has 0 unspecified atom stereocenters. The van der Waals surface area contributed by atoms with E-state index in [2.05, 4.69) is 36.4 Å². The second-order valence-corrected chi connectivity index (χ2v) is 4.79. The number of hydrogen-bond acceptors (Lipinski definition) is 2. The van der Waals surface area contributed by atoms with E-state index in [9.17, 15) is 4.79 Å². The van der Waals surface area contributed by atoms with Crippen LogP contribution in [0.1, 0.15) is 15.3 Å². The Hall–Kier alpha value is -0.160. The number of carbonyl (C=O) groups excluding carboxylic acids is 1. The molecular weight excluding hydrogens is 283 g/mol. The Morgan fingerprint density at radius 2 is 2.08 bits per heavy atom. The highest BCUT2D eigenvalue weighted by molar-refractivity contribution is 14.1. The van der Waals surface area contributed by atoms with Gasteiger partial charge >= 0.3 is 0 Å². The van der Waals surface area contributed by atoms with Crippen molar-refractivity contribution in [2.75, 3.05) is 0 Å². The molecule has 0 radical (unpaired) electrons. The maximum Gasteiger partial charge on any atom is 0.142 e. The topological polar surface area (TPSA) is 17.1 Å². The summed E-state index contributed by atoms with van der Waals surface area (Å²) in [6, 6.07) is 0. The van der Waals surface area contributed by atoms with Crippen molar-refractivity contribution in [3.8, 4) is 0 Å². The first-order chi connectivity index (χ1) is 5.66. The maximum atomic E-state index is 10.1. The molecule has 0 aliphatic carbocycles. The van der Waals surface area contributed by atoms with E-state index in [1.165, 1.54) is 25.0 Å². The summed E-state index contributed by atoms with van der Waals surface area (Å²) in [4.78, 5) is 12.6. The fourth-order valence-corrected chi connectivity index (χ4v) is 2.72. The lowest BCUT2D eigenvalue weighted by atomic mass is 10.2. The quantitative estimate of drug-likeness (QED) is 0.465. The first-order valence-corrected chi connectivity index (χ1v) is 5.43. The van der Waals surface area contributed by atoms with Crippen LogP contribution in [-0.2, 0) is 4.79 Å². The molecule has 1 aromatic rings. The molecule has 0 aromatic carbocycles. The third-order valence-corrected chi connectivity index (χ3v) is 4.75. The van der Waals surface area contributed by atoms with Crippen LogP contribution >= 0.6 is 33.9 Å². The van der Waals surface area contributed by atoms with Crippen LogP contribution < -0.4 is 0 Å². The molecule has 0 spiro atoms. The number of thiophene rings is 1.